The lowest BCUT2D eigenvalue weighted by molar-refractivity contribution is -0.122. The molecule has 1 atom stereocenters. The molecule has 168 valence electrons. The lowest BCUT2D eigenvalue weighted by Crippen LogP contribution is -2.30. The SMILES string of the molecule is COc1ccc(C(C)NC(=O)Cn2cccc2-c2nc(-c3ccc4c(c3)OCO4)no2)cc1. The number of nitrogens with one attached hydrogen (secondary N) is 1. The van der Waals surface area contributed by atoms with Gasteiger partial charge < -0.3 is 28.6 Å². The first-order valence-electron chi connectivity index (χ1n) is 10.4. The van der Waals surface area contributed by atoms with Crippen molar-refractivity contribution in [2.75, 3.05) is 13.9 Å². The van der Waals surface area contributed by atoms with E-state index >= 15 is 0 Å². The van der Waals surface area contributed by atoms with E-state index in [0.29, 0.717) is 28.9 Å². The van der Waals surface area contributed by atoms with Crippen LogP contribution in [0.25, 0.3) is 23.0 Å². The van der Waals surface area contributed by atoms with E-state index in [9.17, 15) is 4.79 Å². The Labute approximate surface area is 189 Å². The highest BCUT2D eigenvalue weighted by atomic mass is 16.7. The summed E-state index contributed by atoms with van der Waals surface area (Å²) in [5, 5.41) is 7.10. The number of benzene rings is 2. The summed E-state index contributed by atoms with van der Waals surface area (Å²) < 4.78 is 23.2. The topological polar surface area (TPSA) is 101 Å². The lowest BCUT2D eigenvalue weighted by atomic mass is 10.1. The Morgan fingerprint density at radius 1 is 1.15 bits per heavy atom. The first-order chi connectivity index (χ1) is 16.1. The molecule has 1 unspecified atom stereocenters. The molecule has 2 aromatic heterocycles. The zero-order valence-corrected chi connectivity index (χ0v) is 18.1. The first-order valence-corrected chi connectivity index (χ1v) is 10.4. The minimum Gasteiger partial charge on any atom is -0.497 e. The van der Waals surface area contributed by atoms with Crippen LogP contribution in [0, 0.1) is 0 Å². The Morgan fingerprint density at radius 2 is 1.97 bits per heavy atom. The summed E-state index contributed by atoms with van der Waals surface area (Å²) in [7, 11) is 1.62. The number of methoxy groups -OCH3 is 1. The second-order valence-electron chi connectivity index (χ2n) is 7.57. The minimum atomic E-state index is -0.150. The summed E-state index contributed by atoms with van der Waals surface area (Å²) in [5.41, 5.74) is 2.39. The lowest BCUT2D eigenvalue weighted by Gasteiger charge is -2.15. The second-order valence-corrected chi connectivity index (χ2v) is 7.57. The van der Waals surface area contributed by atoms with Crippen LogP contribution in [0.3, 0.4) is 0 Å². The third-order valence-corrected chi connectivity index (χ3v) is 5.41. The Bertz CT molecular complexity index is 1280. The van der Waals surface area contributed by atoms with Gasteiger partial charge in [0.1, 0.15) is 18.0 Å². The molecular weight excluding hydrogens is 424 g/mol. The standard InChI is InChI=1S/C24H22N4O5/c1-15(16-5-8-18(30-2)9-6-16)25-22(29)13-28-11-3-4-19(28)24-26-23(27-33-24)17-7-10-20-21(12-17)32-14-31-20/h3-12,15H,13-14H2,1-2H3,(H,25,29). The number of amides is 1. The maximum Gasteiger partial charge on any atom is 0.274 e. The molecule has 9 heteroatoms. The van der Waals surface area contributed by atoms with E-state index in [1.54, 1.807) is 17.9 Å². The van der Waals surface area contributed by atoms with Crippen molar-refractivity contribution < 1.29 is 23.5 Å². The molecule has 0 aliphatic carbocycles. The number of ether oxygens (including phenoxy) is 3. The first kappa shape index (κ1) is 20.6. The van der Waals surface area contributed by atoms with Crippen LogP contribution < -0.4 is 19.5 Å². The predicted molar refractivity (Wildman–Crippen MR) is 119 cm³/mol. The maximum absolute atomic E-state index is 12.7. The molecule has 4 aromatic rings. The Kier molecular flexibility index (Phi) is 5.43. The van der Waals surface area contributed by atoms with E-state index in [-0.39, 0.29) is 25.3 Å². The number of fused-ring (bicyclic) bond motifs is 1. The van der Waals surface area contributed by atoms with Crippen molar-refractivity contribution in [2.45, 2.75) is 19.5 Å². The molecule has 0 fully saturated rings. The third kappa shape index (κ3) is 4.25. The summed E-state index contributed by atoms with van der Waals surface area (Å²) in [6.45, 7) is 2.25. The fourth-order valence-electron chi connectivity index (χ4n) is 3.64. The molecule has 2 aromatic carbocycles. The Morgan fingerprint density at radius 3 is 2.79 bits per heavy atom. The second kappa shape index (κ2) is 8.70. The highest BCUT2D eigenvalue weighted by Crippen LogP contribution is 2.35. The van der Waals surface area contributed by atoms with Gasteiger partial charge in [-0.05, 0) is 55.0 Å². The van der Waals surface area contributed by atoms with Crippen molar-refractivity contribution in [1.29, 1.82) is 0 Å². The van der Waals surface area contributed by atoms with Gasteiger partial charge in [0, 0.05) is 11.8 Å². The Balaban J connectivity index is 1.28. The molecule has 1 aliphatic rings. The summed E-state index contributed by atoms with van der Waals surface area (Å²) in [6, 6.07) is 16.6. The van der Waals surface area contributed by atoms with Gasteiger partial charge in [-0.15, -0.1) is 0 Å². The molecule has 0 bridgehead atoms. The van der Waals surface area contributed by atoms with Crippen molar-refractivity contribution in [3.05, 3.63) is 66.4 Å². The van der Waals surface area contributed by atoms with E-state index in [1.807, 2.05) is 61.5 Å². The van der Waals surface area contributed by atoms with Gasteiger partial charge in [0.2, 0.25) is 18.5 Å². The average Bonchev–Trinajstić information content (AvgIpc) is 3.58. The van der Waals surface area contributed by atoms with Crippen molar-refractivity contribution in [3.63, 3.8) is 0 Å². The molecule has 1 aliphatic heterocycles. The summed E-state index contributed by atoms with van der Waals surface area (Å²) in [5.74, 6) is 2.72. The van der Waals surface area contributed by atoms with Gasteiger partial charge in [-0.2, -0.15) is 4.98 Å². The van der Waals surface area contributed by atoms with Crippen LogP contribution in [0.4, 0.5) is 0 Å². The van der Waals surface area contributed by atoms with E-state index in [4.69, 9.17) is 18.7 Å². The molecule has 0 saturated carbocycles. The van der Waals surface area contributed by atoms with Crippen LogP contribution >= 0.6 is 0 Å². The molecule has 0 spiro atoms. The van der Waals surface area contributed by atoms with E-state index < -0.39 is 0 Å². The zero-order chi connectivity index (χ0) is 22.8. The van der Waals surface area contributed by atoms with Gasteiger partial charge in [0.25, 0.3) is 5.89 Å². The summed E-state index contributed by atoms with van der Waals surface area (Å²) >= 11 is 0. The van der Waals surface area contributed by atoms with Crippen molar-refractivity contribution in [2.24, 2.45) is 0 Å². The van der Waals surface area contributed by atoms with Crippen LogP contribution in [-0.4, -0.2) is 34.5 Å². The fraction of sp³-hybridized carbons (Fsp3) is 0.208. The molecular formula is C24H22N4O5. The average molecular weight is 446 g/mol. The number of aromatic nitrogens is 3. The molecule has 3 heterocycles. The van der Waals surface area contributed by atoms with Crippen LogP contribution in [0.15, 0.2) is 65.3 Å². The predicted octanol–water partition coefficient (Wildman–Crippen LogP) is 3.82. The summed E-state index contributed by atoms with van der Waals surface area (Å²) in [4.78, 5) is 17.2. The van der Waals surface area contributed by atoms with E-state index in [1.165, 1.54) is 0 Å². The third-order valence-electron chi connectivity index (χ3n) is 5.41. The highest BCUT2D eigenvalue weighted by molar-refractivity contribution is 5.77. The molecule has 33 heavy (non-hydrogen) atoms. The molecule has 5 rings (SSSR count). The number of rotatable bonds is 7. The number of carbonyl (C=O) groups excluding carboxylic acids is 1. The number of hydrogen-bond donors (Lipinski definition) is 1. The largest absolute Gasteiger partial charge is 0.497 e. The number of carbonyl (C=O) groups is 1. The number of nitrogens with zero attached hydrogens (tertiary/aromatic N) is 3. The summed E-state index contributed by atoms with van der Waals surface area (Å²) in [6.07, 6.45) is 1.80. The van der Waals surface area contributed by atoms with Gasteiger partial charge in [-0.1, -0.05) is 17.3 Å². The van der Waals surface area contributed by atoms with Gasteiger partial charge in [0.15, 0.2) is 11.5 Å². The van der Waals surface area contributed by atoms with Crippen LogP contribution in [0.5, 0.6) is 17.2 Å². The number of hydrogen-bond acceptors (Lipinski definition) is 7. The van der Waals surface area contributed by atoms with Crippen LogP contribution in [0.2, 0.25) is 0 Å². The normalized spacial score (nSPS) is 13.0. The quantitative estimate of drug-likeness (QED) is 0.461. The molecule has 9 nitrogen and oxygen atoms in total. The van der Waals surface area contributed by atoms with Crippen molar-refractivity contribution in [3.8, 4) is 40.2 Å². The molecule has 1 amide bonds. The zero-order valence-electron chi connectivity index (χ0n) is 18.1. The highest BCUT2D eigenvalue weighted by Gasteiger charge is 2.19. The minimum absolute atomic E-state index is 0.116. The van der Waals surface area contributed by atoms with Gasteiger partial charge >= 0.3 is 0 Å². The van der Waals surface area contributed by atoms with Gasteiger partial charge in [-0.25, -0.2) is 0 Å². The monoisotopic (exact) mass is 446 g/mol. The van der Waals surface area contributed by atoms with Crippen LogP contribution in [0.1, 0.15) is 18.5 Å². The molecule has 1 N–H and O–H groups in total. The van der Waals surface area contributed by atoms with Crippen molar-refractivity contribution >= 4 is 5.91 Å². The van der Waals surface area contributed by atoms with E-state index in [0.717, 1.165) is 16.9 Å². The fourth-order valence-corrected chi connectivity index (χ4v) is 3.64. The van der Waals surface area contributed by atoms with Gasteiger partial charge in [0.05, 0.1) is 13.2 Å². The van der Waals surface area contributed by atoms with Crippen molar-refractivity contribution in [1.82, 2.24) is 20.0 Å². The maximum atomic E-state index is 12.7. The van der Waals surface area contributed by atoms with E-state index in [2.05, 4.69) is 15.5 Å². The smallest absolute Gasteiger partial charge is 0.274 e. The Hall–Kier alpha value is -4.27. The van der Waals surface area contributed by atoms with Crippen LogP contribution in [-0.2, 0) is 11.3 Å². The molecule has 0 saturated heterocycles. The molecule has 0 radical (unpaired) electrons. The van der Waals surface area contributed by atoms with Gasteiger partial charge in [-0.3, -0.25) is 4.79 Å².